The number of carbonyl (C=O) groups excluding carboxylic acids is 1. The van der Waals surface area contributed by atoms with Crippen LogP contribution >= 0.6 is 0 Å². The Kier molecular flexibility index (Phi) is 2.70. The molecule has 2 unspecified atom stereocenters. The topological polar surface area (TPSA) is 59.0 Å². The highest BCUT2D eigenvalue weighted by atomic mass is 16.6. The minimum Gasteiger partial charge on any atom is -0.494 e. The Morgan fingerprint density at radius 3 is 2.59 bits per heavy atom. The fourth-order valence-electron chi connectivity index (χ4n) is 3.09. The number of aliphatic hydroxyl groups is 1. The van der Waals surface area contributed by atoms with E-state index in [1.165, 1.54) is 6.26 Å². The van der Waals surface area contributed by atoms with Crippen molar-refractivity contribution in [2.24, 2.45) is 0 Å². The predicted octanol–water partition coefficient (Wildman–Crippen LogP) is 0.389. The molecule has 5 heteroatoms. The van der Waals surface area contributed by atoms with E-state index in [4.69, 9.17) is 9.47 Å². The molecule has 3 aliphatic heterocycles. The van der Waals surface area contributed by atoms with Crippen molar-refractivity contribution in [2.45, 2.75) is 43.9 Å². The third-order valence-corrected chi connectivity index (χ3v) is 3.80. The molecule has 94 valence electrons. The lowest BCUT2D eigenvalue weighted by Crippen LogP contribution is -2.49. The number of carbonyl (C=O) groups is 1. The van der Waals surface area contributed by atoms with Gasteiger partial charge in [-0.15, -0.1) is 0 Å². The van der Waals surface area contributed by atoms with Crippen LogP contribution in [0.3, 0.4) is 0 Å². The maximum absolute atomic E-state index is 12.3. The summed E-state index contributed by atoms with van der Waals surface area (Å²) < 4.78 is 10.4. The van der Waals surface area contributed by atoms with Crippen LogP contribution in [0.1, 0.15) is 25.7 Å². The summed E-state index contributed by atoms with van der Waals surface area (Å²) in [6, 6.07) is 0.338. The van der Waals surface area contributed by atoms with Gasteiger partial charge in [0, 0.05) is 12.1 Å². The van der Waals surface area contributed by atoms with E-state index >= 15 is 0 Å². The van der Waals surface area contributed by atoms with Gasteiger partial charge in [-0.2, -0.15) is 0 Å². The summed E-state index contributed by atoms with van der Waals surface area (Å²) in [7, 11) is 0. The Morgan fingerprint density at radius 1 is 1.29 bits per heavy atom. The molecule has 0 aromatic rings. The van der Waals surface area contributed by atoms with Crippen molar-refractivity contribution < 1.29 is 19.4 Å². The van der Waals surface area contributed by atoms with Gasteiger partial charge in [0.2, 0.25) is 5.76 Å². The molecule has 2 saturated heterocycles. The van der Waals surface area contributed by atoms with Crippen LogP contribution in [-0.4, -0.2) is 47.3 Å². The van der Waals surface area contributed by atoms with Gasteiger partial charge in [-0.05, 0) is 25.7 Å². The molecule has 5 nitrogen and oxygen atoms in total. The van der Waals surface area contributed by atoms with Gasteiger partial charge in [-0.1, -0.05) is 0 Å². The first-order chi connectivity index (χ1) is 8.25. The monoisotopic (exact) mass is 239 g/mol. The minimum atomic E-state index is -0.256. The number of nitrogens with zero attached hydrogens (tertiary/aromatic N) is 1. The van der Waals surface area contributed by atoms with Crippen molar-refractivity contribution in [1.29, 1.82) is 0 Å². The Morgan fingerprint density at radius 2 is 2.00 bits per heavy atom. The average Bonchev–Trinajstić information content (AvgIpc) is 2.62. The fourth-order valence-corrected chi connectivity index (χ4v) is 3.09. The molecule has 0 aromatic carbocycles. The standard InChI is InChI=1S/C12H17NO4/c14-10-5-8-1-2-9(6-10)13(8)12(15)11-7-16-3-4-17-11/h7-10,14H,1-6H2. The SMILES string of the molecule is O=C(C1=COCCO1)N1C2CCC1CC(O)C2. The second-order valence-electron chi connectivity index (χ2n) is 4.92. The van der Waals surface area contributed by atoms with E-state index in [0.29, 0.717) is 31.8 Å². The van der Waals surface area contributed by atoms with Crippen LogP contribution in [0.15, 0.2) is 12.0 Å². The Balaban J connectivity index is 1.76. The summed E-state index contributed by atoms with van der Waals surface area (Å²) in [6.45, 7) is 0.936. The van der Waals surface area contributed by atoms with Gasteiger partial charge in [0.05, 0.1) is 6.10 Å². The van der Waals surface area contributed by atoms with Crippen LogP contribution in [0.2, 0.25) is 0 Å². The van der Waals surface area contributed by atoms with Gasteiger partial charge in [0.25, 0.3) is 5.91 Å². The first-order valence-corrected chi connectivity index (χ1v) is 6.21. The summed E-state index contributed by atoms with van der Waals surface area (Å²) >= 11 is 0. The van der Waals surface area contributed by atoms with Crippen LogP contribution in [0.25, 0.3) is 0 Å². The number of ether oxygens (including phenoxy) is 2. The normalized spacial score (nSPS) is 35.9. The zero-order valence-electron chi connectivity index (χ0n) is 9.67. The van der Waals surface area contributed by atoms with E-state index in [0.717, 1.165) is 12.8 Å². The van der Waals surface area contributed by atoms with Gasteiger partial charge < -0.3 is 19.5 Å². The number of rotatable bonds is 1. The third kappa shape index (κ3) is 1.88. The summed E-state index contributed by atoms with van der Waals surface area (Å²) in [5.41, 5.74) is 0. The summed E-state index contributed by atoms with van der Waals surface area (Å²) in [4.78, 5) is 14.2. The first kappa shape index (κ1) is 10.9. The number of amides is 1. The lowest BCUT2D eigenvalue weighted by atomic mass is 9.99. The second kappa shape index (κ2) is 4.22. The zero-order valence-corrected chi connectivity index (χ0v) is 9.67. The Bertz CT molecular complexity index is 340. The maximum atomic E-state index is 12.3. The van der Waals surface area contributed by atoms with Crippen molar-refractivity contribution in [3.05, 3.63) is 12.0 Å². The van der Waals surface area contributed by atoms with Crippen LogP contribution in [0.4, 0.5) is 0 Å². The molecule has 0 aromatic heterocycles. The predicted molar refractivity (Wildman–Crippen MR) is 58.9 cm³/mol. The molecule has 2 fully saturated rings. The van der Waals surface area contributed by atoms with E-state index in [-0.39, 0.29) is 24.1 Å². The fraction of sp³-hybridized carbons (Fsp3) is 0.750. The van der Waals surface area contributed by atoms with Crippen LogP contribution in [0, 0.1) is 0 Å². The smallest absolute Gasteiger partial charge is 0.292 e. The molecule has 1 N–H and O–H groups in total. The number of hydrogen-bond acceptors (Lipinski definition) is 4. The number of hydrogen-bond donors (Lipinski definition) is 1. The van der Waals surface area contributed by atoms with Crippen molar-refractivity contribution in [3.8, 4) is 0 Å². The maximum Gasteiger partial charge on any atom is 0.292 e. The molecule has 3 rings (SSSR count). The highest BCUT2D eigenvalue weighted by Crippen LogP contribution is 2.36. The van der Waals surface area contributed by atoms with E-state index < -0.39 is 0 Å². The largest absolute Gasteiger partial charge is 0.494 e. The Hall–Kier alpha value is -1.23. The third-order valence-electron chi connectivity index (χ3n) is 3.80. The van der Waals surface area contributed by atoms with Gasteiger partial charge in [0.1, 0.15) is 19.5 Å². The molecule has 3 heterocycles. The number of piperidine rings is 1. The molecule has 0 spiro atoms. The van der Waals surface area contributed by atoms with Crippen LogP contribution in [0.5, 0.6) is 0 Å². The zero-order chi connectivity index (χ0) is 11.8. The van der Waals surface area contributed by atoms with Crippen molar-refractivity contribution in [2.75, 3.05) is 13.2 Å². The molecule has 2 atom stereocenters. The van der Waals surface area contributed by atoms with Crippen LogP contribution < -0.4 is 0 Å². The van der Waals surface area contributed by atoms with Crippen LogP contribution in [-0.2, 0) is 14.3 Å². The molecule has 0 saturated carbocycles. The highest BCUT2D eigenvalue weighted by Gasteiger charge is 2.44. The van der Waals surface area contributed by atoms with Gasteiger partial charge in [-0.25, -0.2) is 0 Å². The number of fused-ring (bicyclic) bond motifs is 2. The minimum absolute atomic E-state index is 0.0795. The quantitative estimate of drug-likeness (QED) is 0.719. The Labute approximate surface area is 100.0 Å². The second-order valence-corrected chi connectivity index (χ2v) is 4.92. The summed E-state index contributed by atoms with van der Waals surface area (Å²) in [5.74, 6) is 0.230. The summed E-state index contributed by atoms with van der Waals surface area (Å²) in [6.07, 6.45) is 4.51. The van der Waals surface area contributed by atoms with Crippen molar-refractivity contribution >= 4 is 5.91 Å². The molecule has 3 aliphatic rings. The number of aliphatic hydroxyl groups excluding tert-OH is 1. The van der Waals surface area contributed by atoms with Crippen molar-refractivity contribution in [1.82, 2.24) is 4.90 Å². The molecule has 2 bridgehead atoms. The summed E-state index contributed by atoms with van der Waals surface area (Å²) in [5, 5.41) is 9.69. The molecule has 0 radical (unpaired) electrons. The van der Waals surface area contributed by atoms with Crippen molar-refractivity contribution in [3.63, 3.8) is 0 Å². The lowest BCUT2D eigenvalue weighted by Gasteiger charge is -2.37. The molecular weight excluding hydrogens is 222 g/mol. The highest BCUT2D eigenvalue weighted by molar-refractivity contribution is 5.92. The molecule has 0 aliphatic carbocycles. The molecular formula is C12H17NO4. The average molecular weight is 239 g/mol. The van der Waals surface area contributed by atoms with E-state index in [1.807, 2.05) is 4.90 Å². The van der Waals surface area contributed by atoms with E-state index in [9.17, 15) is 9.90 Å². The molecule has 1 amide bonds. The van der Waals surface area contributed by atoms with Gasteiger partial charge in [-0.3, -0.25) is 4.79 Å². The first-order valence-electron chi connectivity index (χ1n) is 6.21. The lowest BCUT2D eigenvalue weighted by molar-refractivity contribution is -0.138. The van der Waals surface area contributed by atoms with Gasteiger partial charge >= 0.3 is 0 Å². The molecule has 17 heavy (non-hydrogen) atoms. The van der Waals surface area contributed by atoms with E-state index in [1.54, 1.807) is 0 Å². The van der Waals surface area contributed by atoms with E-state index in [2.05, 4.69) is 0 Å². The van der Waals surface area contributed by atoms with Gasteiger partial charge in [0.15, 0.2) is 0 Å².